The summed E-state index contributed by atoms with van der Waals surface area (Å²) in [6, 6.07) is 1.97. The highest BCUT2D eigenvalue weighted by Gasteiger charge is 2.27. The number of amides is 1. The van der Waals surface area contributed by atoms with Gasteiger partial charge in [-0.3, -0.25) is 4.79 Å². The van der Waals surface area contributed by atoms with Gasteiger partial charge in [0.15, 0.2) is 5.82 Å². The van der Waals surface area contributed by atoms with Crippen molar-refractivity contribution in [3.05, 3.63) is 42.1 Å². The van der Waals surface area contributed by atoms with E-state index in [4.69, 9.17) is 0 Å². The molecule has 3 aromatic rings. The van der Waals surface area contributed by atoms with Gasteiger partial charge in [-0.2, -0.15) is 10.2 Å². The molecule has 0 bridgehead atoms. The summed E-state index contributed by atoms with van der Waals surface area (Å²) >= 11 is 0. The number of hydrogen-bond acceptors (Lipinski definition) is 5. The Balaban J connectivity index is 1.46. The number of imidazole rings is 1. The lowest BCUT2D eigenvalue weighted by molar-refractivity contribution is 0.0930. The first kappa shape index (κ1) is 17.3. The number of aromatic nitrogens is 6. The molecule has 1 aliphatic heterocycles. The van der Waals surface area contributed by atoms with E-state index in [2.05, 4.69) is 25.4 Å². The van der Waals surface area contributed by atoms with Crippen LogP contribution in [-0.2, 0) is 14.1 Å². The van der Waals surface area contributed by atoms with E-state index >= 15 is 0 Å². The van der Waals surface area contributed by atoms with E-state index in [-0.39, 0.29) is 11.9 Å². The average molecular weight is 368 g/mol. The molecule has 1 fully saturated rings. The fourth-order valence-electron chi connectivity index (χ4n) is 3.71. The van der Waals surface area contributed by atoms with Crippen molar-refractivity contribution in [1.82, 2.24) is 34.4 Å². The van der Waals surface area contributed by atoms with Crippen LogP contribution in [0.4, 0.5) is 5.95 Å². The molecule has 27 heavy (non-hydrogen) atoms. The number of carbonyl (C=O) groups excluding carboxylic acids is 1. The second kappa shape index (κ2) is 6.90. The topological polar surface area (TPSA) is 85.8 Å². The third kappa shape index (κ3) is 3.20. The van der Waals surface area contributed by atoms with Gasteiger partial charge in [0, 0.05) is 58.0 Å². The fourth-order valence-corrected chi connectivity index (χ4v) is 3.71. The predicted octanol–water partition coefficient (Wildman–Crippen LogP) is 1.05. The van der Waals surface area contributed by atoms with Crippen LogP contribution in [0.1, 0.15) is 28.9 Å². The highest BCUT2D eigenvalue weighted by Crippen LogP contribution is 2.20. The SMILES string of the molecule is Cc1nn(C)c(-n2cccn2)c1C(=O)NC1CCN(c2nccn2C)CC1. The summed E-state index contributed by atoms with van der Waals surface area (Å²) in [4.78, 5) is 19.7. The maximum Gasteiger partial charge on any atom is 0.257 e. The molecule has 9 heteroatoms. The summed E-state index contributed by atoms with van der Waals surface area (Å²) in [5, 5.41) is 11.9. The van der Waals surface area contributed by atoms with Crippen molar-refractivity contribution in [3.63, 3.8) is 0 Å². The van der Waals surface area contributed by atoms with Crippen molar-refractivity contribution in [3.8, 4) is 5.82 Å². The smallest absolute Gasteiger partial charge is 0.257 e. The minimum Gasteiger partial charge on any atom is -0.349 e. The number of aryl methyl sites for hydroxylation is 3. The molecular formula is C18H24N8O. The highest BCUT2D eigenvalue weighted by molar-refractivity contribution is 5.98. The molecule has 1 saturated heterocycles. The zero-order valence-electron chi connectivity index (χ0n) is 15.8. The van der Waals surface area contributed by atoms with Crippen LogP contribution in [0.2, 0.25) is 0 Å². The first-order valence-corrected chi connectivity index (χ1v) is 9.11. The second-order valence-corrected chi connectivity index (χ2v) is 6.93. The van der Waals surface area contributed by atoms with Crippen molar-refractivity contribution < 1.29 is 4.79 Å². The average Bonchev–Trinajstić information content (AvgIpc) is 3.36. The Morgan fingerprint density at radius 3 is 2.59 bits per heavy atom. The first-order valence-electron chi connectivity index (χ1n) is 9.11. The molecule has 4 rings (SSSR count). The van der Waals surface area contributed by atoms with Crippen LogP contribution < -0.4 is 10.2 Å². The van der Waals surface area contributed by atoms with E-state index in [1.807, 2.05) is 50.2 Å². The van der Waals surface area contributed by atoms with Crippen LogP contribution in [0, 0.1) is 6.92 Å². The third-order valence-corrected chi connectivity index (χ3v) is 5.05. The van der Waals surface area contributed by atoms with E-state index in [9.17, 15) is 4.79 Å². The molecule has 1 aliphatic rings. The number of nitrogens with one attached hydrogen (secondary N) is 1. The molecule has 1 N–H and O–H groups in total. The first-order chi connectivity index (χ1) is 13.0. The number of anilines is 1. The lowest BCUT2D eigenvalue weighted by Gasteiger charge is -2.33. The van der Waals surface area contributed by atoms with Crippen molar-refractivity contribution in [2.45, 2.75) is 25.8 Å². The minimum absolute atomic E-state index is 0.0958. The molecule has 1 amide bonds. The van der Waals surface area contributed by atoms with Gasteiger partial charge in [0.05, 0.1) is 5.69 Å². The van der Waals surface area contributed by atoms with Gasteiger partial charge in [-0.1, -0.05) is 0 Å². The summed E-state index contributed by atoms with van der Waals surface area (Å²) in [7, 11) is 3.82. The Morgan fingerprint density at radius 2 is 1.96 bits per heavy atom. The Kier molecular flexibility index (Phi) is 4.43. The molecule has 0 atom stereocenters. The lowest BCUT2D eigenvalue weighted by atomic mass is 10.0. The number of rotatable bonds is 4. The number of carbonyl (C=O) groups is 1. The molecule has 142 valence electrons. The Hall–Kier alpha value is -3.10. The zero-order valence-corrected chi connectivity index (χ0v) is 15.8. The van der Waals surface area contributed by atoms with Gasteiger partial charge in [-0.05, 0) is 25.8 Å². The van der Waals surface area contributed by atoms with Gasteiger partial charge in [-0.25, -0.2) is 14.3 Å². The maximum atomic E-state index is 13.0. The van der Waals surface area contributed by atoms with Gasteiger partial charge in [0.2, 0.25) is 5.95 Å². The quantitative estimate of drug-likeness (QED) is 0.744. The highest BCUT2D eigenvalue weighted by atomic mass is 16.1. The molecule has 0 unspecified atom stereocenters. The lowest BCUT2D eigenvalue weighted by Crippen LogP contribution is -2.45. The number of hydrogen-bond donors (Lipinski definition) is 1. The van der Waals surface area contributed by atoms with Crippen molar-refractivity contribution in [2.75, 3.05) is 18.0 Å². The van der Waals surface area contributed by atoms with Gasteiger partial charge in [0.1, 0.15) is 5.56 Å². The molecule has 4 heterocycles. The van der Waals surface area contributed by atoms with E-state index in [0.717, 1.165) is 31.9 Å². The van der Waals surface area contributed by atoms with Crippen LogP contribution in [0.3, 0.4) is 0 Å². The Bertz CT molecular complexity index is 931. The summed E-state index contributed by atoms with van der Waals surface area (Å²) in [6.45, 7) is 3.59. The Morgan fingerprint density at radius 1 is 1.19 bits per heavy atom. The standard InChI is InChI=1S/C18H24N8O/c1-13-15(17(24(3)22-13)26-9-4-7-20-26)16(27)21-14-5-10-25(11-6-14)18-19-8-12-23(18)2/h4,7-9,12,14H,5-6,10-11H2,1-3H3,(H,21,27). The van der Waals surface area contributed by atoms with E-state index in [1.54, 1.807) is 15.6 Å². The van der Waals surface area contributed by atoms with Crippen LogP contribution >= 0.6 is 0 Å². The number of piperidine rings is 1. The molecule has 0 spiro atoms. The van der Waals surface area contributed by atoms with Crippen molar-refractivity contribution in [2.24, 2.45) is 14.1 Å². The molecule has 0 radical (unpaired) electrons. The molecule has 0 aromatic carbocycles. The second-order valence-electron chi connectivity index (χ2n) is 6.93. The van der Waals surface area contributed by atoms with Crippen LogP contribution in [0.15, 0.2) is 30.9 Å². The number of nitrogens with zero attached hydrogens (tertiary/aromatic N) is 7. The monoisotopic (exact) mass is 368 g/mol. The summed E-state index contributed by atoms with van der Waals surface area (Å²) in [5.41, 5.74) is 1.28. The normalized spacial score (nSPS) is 15.3. The van der Waals surface area contributed by atoms with Gasteiger partial charge in [0.25, 0.3) is 5.91 Å². The largest absolute Gasteiger partial charge is 0.349 e. The minimum atomic E-state index is -0.0958. The summed E-state index contributed by atoms with van der Waals surface area (Å²) in [5.74, 6) is 1.56. The summed E-state index contributed by atoms with van der Waals surface area (Å²) in [6.07, 6.45) is 9.04. The third-order valence-electron chi connectivity index (χ3n) is 5.05. The van der Waals surface area contributed by atoms with Gasteiger partial charge in [-0.15, -0.1) is 0 Å². The van der Waals surface area contributed by atoms with Crippen LogP contribution in [0.25, 0.3) is 5.82 Å². The van der Waals surface area contributed by atoms with E-state index in [1.165, 1.54) is 0 Å². The van der Waals surface area contributed by atoms with E-state index < -0.39 is 0 Å². The van der Waals surface area contributed by atoms with Crippen molar-refractivity contribution in [1.29, 1.82) is 0 Å². The molecule has 3 aromatic heterocycles. The van der Waals surface area contributed by atoms with Crippen LogP contribution in [0.5, 0.6) is 0 Å². The van der Waals surface area contributed by atoms with E-state index in [0.29, 0.717) is 17.1 Å². The Labute approximate surface area is 157 Å². The van der Waals surface area contributed by atoms with Crippen molar-refractivity contribution >= 4 is 11.9 Å². The molecule has 0 aliphatic carbocycles. The zero-order chi connectivity index (χ0) is 19.0. The predicted molar refractivity (Wildman–Crippen MR) is 101 cm³/mol. The van der Waals surface area contributed by atoms with Gasteiger partial charge >= 0.3 is 0 Å². The van der Waals surface area contributed by atoms with Crippen LogP contribution in [-0.4, -0.2) is 54.2 Å². The summed E-state index contributed by atoms with van der Waals surface area (Å²) < 4.78 is 5.40. The molecule has 0 saturated carbocycles. The molecular weight excluding hydrogens is 344 g/mol. The maximum absolute atomic E-state index is 13.0. The molecule has 9 nitrogen and oxygen atoms in total. The fraction of sp³-hybridized carbons (Fsp3) is 0.444. The van der Waals surface area contributed by atoms with Gasteiger partial charge < -0.3 is 14.8 Å².